The average Bonchev–Trinajstić information content (AvgIpc) is 2.68. The molecule has 3 heteroatoms. The monoisotopic (exact) mass is 268 g/mol. The fourth-order valence-corrected chi connectivity index (χ4v) is 2.51. The van der Waals surface area contributed by atoms with Gasteiger partial charge < -0.3 is 5.11 Å². The first-order chi connectivity index (χ1) is 7.16. The Kier molecular flexibility index (Phi) is 3.10. The van der Waals surface area contributed by atoms with Crippen molar-refractivity contribution in [1.82, 2.24) is 0 Å². The molecular formula is C12H13BrO2. The topological polar surface area (TPSA) is 37.3 Å². The molecule has 1 aromatic rings. The number of benzene rings is 1. The van der Waals surface area contributed by atoms with Gasteiger partial charge in [-0.1, -0.05) is 28.1 Å². The van der Waals surface area contributed by atoms with Gasteiger partial charge in [0.2, 0.25) is 0 Å². The molecule has 1 aliphatic carbocycles. The molecule has 1 fully saturated rings. The van der Waals surface area contributed by atoms with E-state index in [1.54, 1.807) is 0 Å². The van der Waals surface area contributed by atoms with Crippen molar-refractivity contribution in [3.63, 3.8) is 0 Å². The Bertz CT molecular complexity index is 358. The molecule has 2 atom stereocenters. The molecule has 80 valence electrons. The van der Waals surface area contributed by atoms with Gasteiger partial charge in [-0.05, 0) is 42.9 Å². The fraction of sp³-hybridized carbons (Fsp3) is 0.417. The number of hydrogen-bond donors (Lipinski definition) is 1. The summed E-state index contributed by atoms with van der Waals surface area (Å²) in [6.45, 7) is 0. The fourth-order valence-electron chi connectivity index (χ4n) is 2.24. The highest BCUT2D eigenvalue weighted by Crippen LogP contribution is 2.38. The third-order valence-electron chi connectivity index (χ3n) is 3.12. The molecule has 0 radical (unpaired) electrons. The van der Waals surface area contributed by atoms with Gasteiger partial charge in [-0.15, -0.1) is 0 Å². The van der Waals surface area contributed by atoms with Crippen LogP contribution in [-0.4, -0.2) is 11.1 Å². The Morgan fingerprint density at radius 2 is 1.93 bits per heavy atom. The third-order valence-corrected chi connectivity index (χ3v) is 3.65. The number of carboxylic acids is 1. The van der Waals surface area contributed by atoms with Crippen LogP contribution in [0, 0.1) is 5.92 Å². The Labute approximate surface area is 97.4 Å². The minimum absolute atomic E-state index is 0.140. The molecule has 0 heterocycles. The normalized spacial score (nSPS) is 25.4. The van der Waals surface area contributed by atoms with Gasteiger partial charge in [0.05, 0.1) is 5.92 Å². The molecule has 0 saturated heterocycles. The van der Waals surface area contributed by atoms with Gasteiger partial charge in [0, 0.05) is 4.47 Å². The highest BCUT2D eigenvalue weighted by atomic mass is 79.9. The molecule has 0 bridgehead atoms. The van der Waals surface area contributed by atoms with Crippen molar-refractivity contribution in [3.05, 3.63) is 34.3 Å². The first-order valence-electron chi connectivity index (χ1n) is 5.15. The van der Waals surface area contributed by atoms with Crippen LogP contribution in [0.4, 0.5) is 0 Å². The van der Waals surface area contributed by atoms with E-state index >= 15 is 0 Å². The SMILES string of the molecule is O=C(O)C1CC[C@@H](c2ccc(Br)cc2)C1. The summed E-state index contributed by atoms with van der Waals surface area (Å²) in [5, 5.41) is 8.91. The molecule has 2 rings (SSSR count). The van der Waals surface area contributed by atoms with Gasteiger partial charge in [0.15, 0.2) is 0 Å². The molecule has 1 saturated carbocycles. The first kappa shape index (κ1) is 10.7. The van der Waals surface area contributed by atoms with Gasteiger partial charge in [-0.25, -0.2) is 0 Å². The second-order valence-electron chi connectivity index (χ2n) is 4.10. The van der Waals surface area contributed by atoms with Gasteiger partial charge >= 0.3 is 5.97 Å². The van der Waals surface area contributed by atoms with Crippen molar-refractivity contribution in [2.45, 2.75) is 25.2 Å². The molecule has 1 aromatic carbocycles. The largest absolute Gasteiger partial charge is 0.481 e. The number of halogens is 1. The quantitative estimate of drug-likeness (QED) is 0.893. The standard InChI is InChI=1S/C12H13BrO2/c13-11-5-3-8(4-6-11)9-1-2-10(7-9)12(14)15/h3-6,9-10H,1-2,7H2,(H,14,15)/t9-,10?/m1/s1. The summed E-state index contributed by atoms with van der Waals surface area (Å²) in [6.07, 6.45) is 2.60. The molecule has 0 aromatic heterocycles. The summed E-state index contributed by atoms with van der Waals surface area (Å²) in [5.74, 6) is -0.354. The Balaban J connectivity index is 2.07. The van der Waals surface area contributed by atoms with Crippen LogP contribution >= 0.6 is 15.9 Å². The number of aliphatic carboxylic acids is 1. The van der Waals surface area contributed by atoms with Crippen LogP contribution in [0.25, 0.3) is 0 Å². The lowest BCUT2D eigenvalue weighted by atomic mass is 9.96. The van der Waals surface area contributed by atoms with Crippen molar-refractivity contribution in [1.29, 1.82) is 0 Å². The Hall–Kier alpha value is -0.830. The van der Waals surface area contributed by atoms with E-state index in [2.05, 4.69) is 28.1 Å². The predicted molar refractivity (Wildman–Crippen MR) is 61.9 cm³/mol. The highest BCUT2D eigenvalue weighted by molar-refractivity contribution is 9.10. The van der Waals surface area contributed by atoms with E-state index in [-0.39, 0.29) is 5.92 Å². The Morgan fingerprint density at radius 3 is 2.47 bits per heavy atom. The molecule has 15 heavy (non-hydrogen) atoms. The molecule has 0 aliphatic heterocycles. The van der Waals surface area contributed by atoms with Crippen LogP contribution in [0.5, 0.6) is 0 Å². The van der Waals surface area contributed by atoms with Crippen molar-refractivity contribution in [2.75, 3.05) is 0 Å². The van der Waals surface area contributed by atoms with Crippen LogP contribution in [0.2, 0.25) is 0 Å². The second-order valence-corrected chi connectivity index (χ2v) is 5.01. The lowest BCUT2D eigenvalue weighted by molar-refractivity contribution is -0.141. The maximum absolute atomic E-state index is 10.8. The summed E-state index contributed by atoms with van der Waals surface area (Å²) in [6, 6.07) is 8.20. The van der Waals surface area contributed by atoms with E-state index < -0.39 is 5.97 Å². The van der Waals surface area contributed by atoms with E-state index in [0.717, 1.165) is 23.7 Å². The van der Waals surface area contributed by atoms with Gasteiger partial charge in [-0.2, -0.15) is 0 Å². The smallest absolute Gasteiger partial charge is 0.306 e. The molecule has 1 unspecified atom stereocenters. The molecule has 1 aliphatic rings. The van der Waals surface area contributed by atoms with E-state index in [9.17, 15) is 4.79 Å². The summed E-state index contributed by atoms with van der Waals surface area (Å²) in [4.78, 5) is 10.8. The Morgan fingerprint density at radius 1 is 1.27 bits per heavy atom. The molecule has 0 spiro atoms. The third kappa shape index (κ3) is 2.40. The highest BCUT2D eigenvalue weighted by Gasteiger charge is 2.30. The van der Waals surface area contributed by atoms with Gasteiger partial charge in [0.25, 0.3) is 0 Å². The van der Waals surface area contributed by atoms with Crippen molar-refractivity contribution in [2.24, 2.45) is 5.92 Å². The van der Waals surface area contributed by atoms with Crippen LogP contribution in [-0.2, 0) is 4.79 Å². The summed E-state index contributed by atoms with van der Waals surface area (Å²) < 4.78 is 1.07. The molecule has 1 N–H and O–H groups in total. The summed E-state index contributed by atoms with van der Waals surface area (Å²) in [7, 11) is 0. The minimum Gasteiger partial charge on any atom is -0.481 e. The summed E-state index contributed by atoms with van der Waals surface area (Å²) in [5.41, 5.74) is 1.27. The predicted octanol–water partition coefficient (Wildman–Crippen LogP) is 3.42. The number of rotatable bonds is 2. The molecule has 2 nitrogen and oxygen atoms in total. The van der Waals surface area contributed by atoms with Gasteiger partial charge in [-0.3, -0.25) is 4.79 Å². The number of carboxylic acid groups (broad SMARTS) is 1. The van der Waals surface area contributed by atoms with E-state index in [1.165, 1.54) is 5.56 Å². The molecular weight excluding hydrogens is 256 g/mol. The first-order valence-corrected chi connectivity index (χ1v) is 5.94. The van der Waals surface area contributed by atoms with E-state index in [0.29, 0.717) is 5.92 Å². The van der Waals surface area contributed by atoms with Crippen LogP contribution in [0.1, 0.15) is 30.7 Å². The van der Waals surface area contributed by atoms with Crippen LogP contribution in [0.3, 0.4) is 0 Å². The zero-order chi connectivity index (χ0) is 10.8. The second kappa shape index (κ2) is 4.35. The van der Waals surface area contributed by atoms with Crippen molar-refractivity contribution < 1.29 is 9.90 Å². The zero-order valence-corrected chi connectivity index (χ0v) is 9.90. The lowest BCUT2D eigenvalue weighted by Crippen LogP contribution is -2.09. The van der Waals surface area contributed by atoms with Crippen molar-refractivity contribution in [3.8, 4) is 0 Å². The number of carbonyl (C=O) groups is 1. The average molecular weight is 269 g/mol. The summed E-state index contributed by atoms with van der Waals surface area (Å²) >= 11 is 3.39. The maximum atomic E-state index is 10.8. The van der Waals surface area contributed by atoms with E-state index in [1.807, 2.05) is 12.1 Å². The van der Waals surface area contributed by atoms with Crippen LogP contribution < -0.4 is 0 Å². The number of hydrogen-bond acceptors (Lipinski definition) is 1. The molecule has 0 amide bonds. The lowest BCUT2D eigenvalue weighted by Gasteiger charge is -2.09. The van der Waals surface area contributed by atoms with Gasteiger partial charge in [0.1, 0.15) is 0 Å². The van der Waals surface area contributed by atoms with Crippen LogP contribution in [0.15, 0.2) is 28.7 Å². The maximum Gasteiger partial charge on any atom is 0.306 e. The minimum atomic E-state index is -0.644. The van der Waals surface area contributed by atoms with Crippen molar-refractivity contribution >= 4 is 21.9 Å². The zero-order valence-electron chi connectivity index (χ0n) is 8.32. The van der Waals surface area contributed by atoms with E-state index in [4.69, 9.17) is 5.11 Å².